The molecule has 0 N–H and O–H groups in total. The fraction of sp³-hybridized carbons (Fsp3) is 0.167. The normalized spacial score (nSPS) is 22.7. The minimum absolute atomic E-state index is 0.412. The van der Waals surface area contributed by atoms with Crippen molar-refractivity contribution in [2.45, 2.75) is 18.3 Å². The van der Waals surface area contributed by atoms with Gasteiger partial charge in [-0.2, -0.15) is 13.2 Å². The number of nitrogens with zero attached hydrogens (tertiary/aromatic N) is 2. The molecule has 5 rings (SSSR count). The molecule has 0 saturated carbocycles. The zero-order valence-corrected chi connectivity index (χ0v) is 17.6. The van der Waals surface area contributed by atoms with Gasteiger partial charge >= 0.3 is 6.18 Å². The van der Waals surface area contributed by atoms with Crippen molar-refractivity contribution in [1.29, 1.82) is 0 Å². The van der Waals surface area contributed by atoms with Gasteiger partial charge in [0.1, 0.15) is 5.92 Å². The monoisotopic (exact) mass is 472 g/mol. The molecule has 3 atom stereocenters. The van der Waals surface area contributed by atoms with Crippen LogP contribution in [0.3, 0.4) is 0 Å². The Balaban J connectivity index is 1.58. The zero-order valence-electron chi connectivity index (χ0n) is 16.9. The van der Waals surface area contributed by atoms with Crippen LogP contribution < -0.4 is 9.96 Å². The molecular weight excluding hydrogens is 457 g/mol. The van der Waals surface area contributed by atoms with Gasteiger partial charge in [-0.15, -0.1) is 0 Å². The van der Waals surface area contributed by atoms with E-state index >= 15 is 0 Å². The topological polar surface area (TPSA) is 49.9 Å². The highest BCUT2D eigenvalue weighted by Crippen LogP contribution is 2.48. The Morgan fingerprint density at radius 3 is 2.03 bits per heavy atom. The van der Waals surface area contributed by atoms with E-state index in [0.29, 0.717) is 22.0 Å². The summed E-state index contributed by atoms with van der Waals surface area (Å²) in [4.78, 5) is 33.7. The maximum atomic E-state index is 13.4. The van der Waals surface area contributed by atoms with E-state index in [4.69, 9.17) is 16.4 Å². The summed E-state index contributed by atoms with van der Waals surface area (Å²) >= 11 is 5.98. The predicted octanol–water partition coefficient (Wildman–Crippen LogP) is 5.41. The third-order valence-corrected chi connectivity index (χ3v) is 6.04. The van der Waals surface area contributed by atoms with Crippen LogP contribution in [0.5, 0.6) is 0 Å². The lowest BCUT2D eigenvalue weighted by Crippen LogP contribution is -2.37. The van der Waals surface area contributed by atoms with Crippen LogP contribution in [0.2, 0.25) is 5.02 Å². The molecule has 3 unspecified atom stereocenters. The SMILES string of the molecule is O=C1C2ON(c3ccc(Cl)cc3)C(c3ccc(C(F)(F)F)cc3)C2C(=O)N1c1ccccc1. The first-order chi connectivity index (χ1) is 15.8. The fourth-order valence-electron chi connectivity index (χ4n) is 4.27. The van der Waals surface area contributed by atoms with Crippen LogP contribution in [-0.2, 0) is 20.6 Å². The number of para-hydroxylation sites is 1. The third-order valence-electron chi connectivity index (χ3n) is 5.79. The lowest BCUT2D eigenvalue weighted by atomic mass is 9.90. The van der Waals surface area contributed by atoms with Gasteiger partial charge in [0.05, 0.1) is 23.0 Å². The summed E-state index contributed by atoms with van der Waals surface area (Å²) in [6.45, 7) is 0. The molecule has 0 radical (unpaired) electrons. The van der Waals surface area contributed by atoms with Crippen molar-refractivity contribution in [3.8, 4) is 0 Å². The highest BCUT2D eigenvalue weighted by Gasteiger charge is 2.60. The molecule has 2 saturated heterocycles. The number of benzene rings is 3. The molecule has 2 heterocycles. The van der Waals surface area contributed by atoms with E-state index in [0.717, 1.165) is 17.0 Å². The van der Waals surface area contributed by atoms with Crippen LogP contribution in [0.1, 0.15) is 17.2 Å². The van der Waals surface area contributed by atoms with Crippen LogP contribution in [0, 0.1) is 5.92 Å². The number of hydrogen-bond acceptors (Lipinski definition) is 4. The van der Waals surface area contributed by atoms with Crippen molar-refractivity contribution in [3.05, 3.63) is 95.0 Å². The summed E-state index contributed by atoms with van der Waals surface area (Å²) in [5, 5.41) is 1.89. The van der Waals surface area contributed by atoms with Gasteiger partial charge in [-0.3, -0.25) is 14.4 Å². The van der Waals surface area contributed by atoms with E-state index < -0.39 is 41.6 Å². The van der Waals surface area contributed by atoms with E-state index in [1.165, 1.54) is 17.2 Å². The quantitative estimate of drug-likeness (QED) is 0.478. The molecule has 168 valence electrons. The smallest absolute Gasteiger partial charge is 0.273 e. The highest BCUT2D eigenvalue weighted by atomic mass is 35.5. The lowest BCUT2D eigenvalue weighted by molar-refractivity contribution is -0.137. The Hall–Kier alpha value is -3.36. The van der Waals surface area contributed by atoms with E-state index in [-0.39, 0.29) is 0 Å². The van der Waals surface area contributed by atoms with Crippen LogP contribution in [0.25, 0.3) is 0 Å². The van der Waals surface area contributed by atoms with Gasteiger partial charge in [0.25, 0.3) is 5.91 Å². The molecule has 5 nitrogen and oxygen atoms in total. The van der Waals surface area contributed by atoms with Gasteiger partial charge in [0.2, 0.25) is 5.91 Å². The molecule has 0 bridgehead atoms. The molecule has 2 aliphatic rings. The molecule has 0 aliphatic carbocycles. The van der Waals surface area contributed by atoms with Gasteiger partial charge < -0.3 is 0 Å². The number of imide groups is 1. The van der Waals surface area contributed by atoms with Crippen molar-refractivity contribution < 1.29 is 27.6 Å². The first-order valence-corrected chi connectivity index (χ1v) is 10.4. The minimum Gasteiger partial charge on any atom is -0.273 e. The molecule has 0 aromatic heterocycles. The van der Waals surface area contributed by atoms with Crippen molar-refractivity contribution in [2.75, 3.05) is 9.96 Å². The van der Waals surface area contributed by atoms with Crippen LogP contribution in [0.15, 0.2) is 78.9 Å². The lowest BCUT2D eigenvalue weighted by Gasteiger charge is -2.29. The number of halogens is 4. The summed E-state index contributed by atoms with van der Waals surface area (Å²) in [7, 11) is 0. The molecule has 3 aromatic rings. The largest absolute Gasteiger partial charge is 0.416 e. The Labute approximate surface area is 191 Å². The summed E-state index contributed by atoms with van der Waals surface area (Å²) in [6.07, 6.45) is -5.60. The average molecular weight is 473 g/mol. The Bertz CT molecular complexity index is 1200. The predicted molar refractivity (Wildman–Crippen MR) is 115 cm³/mol. The number of anilines is 2. The average Bonchev–Trinajstić information content (AvgIpc) is 3.30. The van der Waals surface area contributed by atoms with E-state index in [1.807, 2.05) is 0 Å². The number of rotatable bonds is 3. The van der Waals surface area contributed by atoms with Crippen molar-refractivity contribution in [1.82, 2.24) is 0 Å². The fourth-order valence-corrected chi connectivity index (χ4v) is 4.39. The van der Waals surface area contributed by atoms with Crippen molar-refractivity contribution >= 4 is 34.8 Å². The number of alkyl halides is 3. The number of fused-ring (bicyclic) bond motifs is 1. The third kappa shape index (κ3) is 3.65. The van der Waals surface area contributed by atoms with E-state index in [9.17, 15) is 22.8 Å². The maximum Gasteiger partial charge on any atom is 0.416 e. The Morgan fingerprint density at radius 2 is 1.42 bits per heavy atom. The molecule has 0 spiro atoms. The van der Waals surface area contributed by atoms with Crippen molar-refractivity contribution in [2.24, 2.45) is 5.92 Å². The number of hydroxylamine groups is 1. The van der Waals surface area contributed by atoms with Crippen LogP contribution >= 0.6 is 11.6 Å². The Morgan fingerprint density at radius 1 is 0.788 bits per heavy atom. The second-order valence-electron chi connectivity index (χ2n) is 7.77. The first-order valence-electron chi connectivity index (χ1n) is 10.1. The van der Waals surface area contributed by atoms with Gasteiger partial charge in [-0.05, 0) is 54.1 Å². The first kappa shape index (κ1) is 21.5. The second-order valence-corrected chi connectivity index (χ2v) is 8.20. The van der Waals surface area contributed by atoms with Crippen LogP contribution in [-0.4, -0.2) is 17.9 Å². The second kappa shape index (κ2) is 7.90. The number of amides is 2. The van der Waals surface area contributed by atoms with Gasteiger partial charge in [0, 0.05) is 5.02 Å². The standard InChI is InChI=1S/C24H16ClF3N2O3/c25-16-10-12-18(13-11-16)30-20(14-6-8-15(9-7-14)24(26,27)28)19-21(33-30)23(32)29(22(19)31)17-4-2-1-3-5-17/h1-13,19-21H. The van der Waals surface area contributed by atoms with Gasteiger partial charge in [-0.25, -0.2) is 9.96 Å². The maximum absolute atomic E-state index is 13.4. The van der Waals surface area contributed by atoms with Crippen LogP contribution in [0.4, 0.5) is 24.5 Å². The molecule has 9 heteroatoms. The number of carbonyl (C=O) groups excluding carboxylic acids is 2. The molecule has 2 aliphatic heterocycles. The molecule has 2 amide bonds. The summed E-state index contributed by atoms with van der Waals surface area (Å²) in [6, 6.07) is 18.7. The molecule has 33 heavy (non-hydrogen) atoms. The Kier molecular flexibility index (Phi) is 5.14. The van der Waals surface area contributed by atoms with Crippen molar-refractivity contribution in [3.63, 3.8) is 0 Å². The molecule has 3 aromatic carbocycles. The van der Waals surface area contributed by atoms with Gasteiger partial charge in [-0.1, -0.05) is 41.9 Å². The summed E-state index contributed by atoms with van der Waals surface area (Å²) < 4.78 is 39.3. The molecular formula is C24H16ClF3N2O3. The van der Waals surface area contributed by atoms with Gasteiger partial charge in [0.15, 0.2) is 6.10 Å². The minimum atomic E-state index is -4.49. The van der Waals surface area contributed by atoms with E-state index in [2.05, 4.69) is 0 Å². The summed E-state index contributed by atoms with van der Waals surface area (Å²) in [5.41, 5.74) is 0.543. The molecule has 2 fully saturated rings. The highest BCUT2D eigenvalue weighted by molar-refractivity contribution is 6.30. The summed E-state index contributed by atoms with van der Waals surface area (Å²) in [5.74, 6) is -1.94. The van der Waals surface area contributed by atoms with E-state index in [1.54, 1.807) is 54.6 Å². The zero-order chi connectivity index (χ0) is 23.3. The number of hydrogen-bond donors (Lipinski definition) is 0. The number of carbonyl (C=O) groups is 2.